The fourth-order valence-corrected chi connectivity index (χ4v) is 1.75. The van der Waals surface area contributed by atoms with Gasteiger partial charge >= 0.3 is 12.3 Å². The maximum Gasteiger partial charge on any atom is 0.324 e. The zero-order valence-corrected chi connectivity index (χ0v) is 9.50. The minimum absolute atomic E-state index is 0.195. The third-order valence-corrected chi connectivity index (χ3v) is 2.70. The molecule has 0 atom stereocenters. The average molecular weight is 261 g/mol. The highest BCUT2D eigenvalue weighted by Crippen LogP contribution is 2.29. The highest BCUT2D eigenvalue weighted by Gasteiger charge is 2.41. The van der Waals surface area contributed by atoms with E-state index in [1.54, 1.807) is 19.1 Å². The number of hydrogen-bond donors (Lipinski definition) is 1. The number of nitrogens with two attached hydrogens (primary N) is 1. The Morgan fingerprint density at radius 3 is 2.67 bits per heavy atom. The number of nitrogen functional groups attached to an aromatic ring is 1. The molecule has 0 aliphatic heterocycles. The van der Waals surface area contributed by atoms with Gasteiger partial charge in [0.25, 0.3) is 0 Å². The summed E-state index contributed by atoms with van der Waals surface area (Å²) in [5.74, 6) is -4.33. The Labute approximate surface area is 100 Å². The van der Waals surface area contributed by atoms with Crippen LogP contribution in [0.4, 0.5) is 23.5 Å². The van der Waals surface area contributed by atoms with Crippen molar-refractivity contribution in [3.05, 3.63) is 23.8 Å². The molecule has 1 aromatic carbocycles. The van der Waals surface area contributed by atoms with Gasteiger partial charge in [-0.3, -0.25) is 0 Å². The molecule has 2 rings (SSSR count). The summed E-state index contributed by atoms with van der Waals surface area (Å²) in [4.78, 5) is 3.92. The molecular weight excluding hydrogens is 250 g/mol. The van der Waals surface area contributed by atoms with Gasteiger partial charge < -0.3 is 10.3 Å². The molecule has 1 heterocycles. The highest BCUT2D eigenvalue weighted by atomic mass is 19.3. The molecule has 18 heavy (non-hydrogen) atoms. The van der Waals surface area contributed by atoms with Gasteiger partial charge in [-0.25, -0.2) is 13.8 Å². The lowest BCUT2D eigenvalue weighted by Gasteiger charge is -2.17. The van der Waals surface area contributed by atoms with Crippen molar-refractivity contribution in [1.82, 2.24) is 9.55 Å². The maximum absolute atomic E-state index is 13.1. The van der Waals surface area contributed by atoms with Crippen LogP contribution in [0.3, 0.4) is 0 Å². The molecule has 7 heteroatoms. The van der Waals surface area contributed by atoms with Gasteiger partial charge in [-0.1, -0.05) is 12.1 Å². The van der Waals surface area contributed by atoms with Crippen LogP contribution in [0.2, 0.25) is 0 Å². The molecule has 2 aromatic rings. The average Bonchev–Trinajstić information content (AvgIpc) is 2.57. The second-order valence-electron chi connectivity index (χ2n) is 4.06. The van der Waals surface area contributed by atoms with E-state index in [1.165, 1.54) is 6.07 Å². The number of nitrogens with zero attached hydrogens (tertiary/aromatic N) is 2. The van der Waals surface area contributed by atoms with Gasteiger partial charge in [0, 0.05) is 0 Å². The summed E-state index contributed by atoms with van der Waals surface area (Å²) >= 11 is 0. The van der Waals surface area contributed by atoms with E-state index in [0.29, 0.717) is 11.0 Å². The molecule has 1 aromatic heterocycles. The number of anilines is 1. The number of aromatic nitrogens is 2. The molecule has 98 valence electrons. The van der Waals surface area contributed by atoms with Crippen LogP contribution in [0.15, 0.2) is 18.2 Å². The molecule has 0 fully saturated rings. The van der Waals surface area contributed by atoms with Crippen LogP contribution in [-0.2, 0) is 6.54 Å². The lowest BCUT2D eigenvalue weighted by atomic mass is 10.2. The quantitative estimate of drug-likeness (QED) is 0.863. The number of hydrogen-bond acceptors (Lipinski definition) is 2. The fourth-order valence-electron chi connectivity index (χ4n) is 1.75. The lowest BCUT2D eigenvalue weighted by Crippen LogP contribution is -2.32. The molecule has 0 saturated heterocycles. The molecule has 2 N–H and O–H groups in total. The van der Waals surface area contributed by atoms with Crippen molar-refractivity contribution < 1.29 is 17.6 Å². The Balaban J connectivity index is 2.52. The first-order chi connectivity index (χ1) is 8.33. The van der Waals surface area contributed by atoms with Gasteiger partial charge in [0.2, 0.25) is 5.95 Å². The molecule has 0 unspecified atom stereocenters. The topological polar surface area (TPSA) is 43.8 Å². The molecule has 0 aliphatic carbocycles. The van der Waals surface area contributed by atoms with Crippen molar-refractivity contribution >= 4 is 17.0 Å². The van der Waals surface area contributed by atoms with Crippen molar-refractivity contribution in [2.45, 2.75) is 25.8 Å². The monoisotopic (exact) mass is 261 g/mol. The standard InChI is InChI=1S/C11H11F4N3/c1-6-3-2-4-7-8(6)17-10(16)18(7)5-11(14,15)9(12)13/h2-4,9H,5H2,1H3,(H2,16,17). The van der Waals surface area contributed by atoms with Crippen molar-refractivity contribution in [2.75, 3.05) is 5.73 Å². The van der Waals surface area contributed by atoms with Crippen LogP contribution in [0.5, 0.6) is 0 Å². The second-order valence-corrected chi connectivity index (χ2v) is 4.06. The minimum atomic E-state index is -4.13. The summed E-state index contributed by atoms with van der Waals surface area (Å²) in [7, 11) is 0. The molecule has 0 spiro atoms. The van der Waals surface area contributed by atoms with Gasteiger partial charge in [0.15, 0.2) is 0 Å². The summed E-state index contributed by atoms with van der Waals surface area (Å²) < 4.78 is 51.4. The Morgan fingerprint density at radius 1 is 1.39 bits per heavy atom. The molecule has 0 amide bonds. The van der Waals surface area contributed by atoms with E-state index in [-0.39, 0.29) is 5.95 Å². The first-order valence-corrected chi connectivity index (χ1v) is 5.20. The summed E-state index contributed by atoms with van der Waals surface area (Å²) in [6.07, 6.45) is -3.74. The molecule has 0 saturated carbocycles. The Hall–Kier alpha value is -1.79. The van der Waals surface area contributed by atoms with Gasteiger partial charge in [0.1, 0.15) is 0 Å². The number of imidazole rings is 1. The number of aryl methyl sites for hydroxylation is 1. The number of benzene rings is 1. The van der Waals surface area contributed by atoms with Gasteiger partial charge in [-0.15, -0.1) is 0 Å². The summed E-state index contributed by atoms with van der Waals surface area (Å²) in [6.45, 7) is 0.556. The van der Waals surface area contributed by atoms with Crippen molar-refractivity contribution in [3.63, 3.8) is 0 Å². The first-order valence-electron chi connectivity index (χ1n) is 5.20. The van der Waals surface area contributed by atoms with Crippen LogP contribution in [-0.4, -0.2) is 21.9 Å². The molecule has 0 aliphatic rings. The molecule has 3 nitrogen and oxygen atoms in total. The number of rotatable bonds is 3. The molecular formula is C11H11F4N3. The van der Waals surface area contributed by atoms with Crippen molar-refractivity contribution in [3.8, 4) is 0 Å². The van der Waals surface area contributed by atoms with E-state index in [4.69, 9.17) is 5.73 Å². The van der Waals surface area contributed by atoms with Crippen LogP contribution >= 0.6 is 0 Å². The summed E-state index contributed by atoms with van der Waals surface area (Å²) in [5.41, 5.74) is 7.02. The van der Waals surface area contributed by atoms with Crippen LogP contribution < -0.4 is 5.73 Å². The van der Waals surface area contributed by atoms with E-state index in [0.717, 1.165) is 10.1 Å². The Kier molecular flexibility index (Phi) is 2.92. The highest BCUT2D eigenvalue weighted by molar-refractivity contribution is 5.81. The summed E-state index contributed by atoms with van der Waals surface area (Å²) in [6, 6.07) is 4.90. The first kappa shape index (κ1) is 12.7. The van der Waals surface area contributed by atoms with Gasteiger partial charge in [0.05, 0.1) is 17.6 Å². The molecule has 0 bridgehead atoms. The van der Waals surface area contributed by atoms with E-state index >= 15 is 0 Å². The minimum Gasteiger partial charge on any atom is -0.369 e. The van der Waals surface area contributed by atoms with E-state index in [2.05, 4.69) is 4.98 Å². The van der Waals surface area contributed by atoms with Crippen LogP contribution in [0.1, 0.15) is 5.56 Å². The zero-order valence-electron chi connectivity index (χ0n) is 9.50. The predicted octanol–water partition coefficient (Wildman–Crippen LogP) is 2.83. The van der Waals surface area contributed by atoms with Crippen molar-refractivity contribution in [1.29, 1.82) is 0 Å². The number of fused-ring (bicyclic) bond motifs is 1. The number of halogens is 4. The van der Waals surface area contributed by atoms with Crippen molar-refractivity contribution in [2.24, 2.45) is 0 Å². The zero-order chi connectivity index (χ0) is 13.5. The Bertz CT molecular complexity index is 577. The third-order valence-electron chi connectivity index (χ3n) is 2.70. The second kappa shape index (κ2) is 4.15. The van der Waals surface area contributed by atoms with E-state index in [9.17, 15) is 17.6 Å². The third kappa shape index (κ3) is 2.00. The van der Waals surface area contributed by atoms with Crippen LogP contribution in [0, 0.1) is 6.92 Å². The largest absolute Gasteiger partial charge is 0.369 e. The number of alkyl halides is 4. The van der Waals surface area contributed by atoms with E-state index < -0.39 is 18.9 Å². The Morgan fingerprint density at radius 2 is 2.06 bits per heavy atom. The SMILES string of the molecule is Cc1cccc2c1nc(N)n2CC(F)(F)C(F)F. The normalized spacial score (nSPS) is 12.6. The number of para-hydroxylation sites is 1. The van der Waals surface area contributed by atoms with Gasteiger partial charge in [-0.05, 0) is 18.6 Å². The molecule has 0 radical (unpaired) electrons. The van der Waals surface area contributed by atoms with E-state index in [1.807, 2.05) is 0 Å². The van der Waals surface area contributed by atoms with Crippen LogP contribution in [0.25, 0.3) is 11.0 Å². The smallest absolute Gasteiger partial charge is 0.324 e. The maximum atomic E-state index is 13.1. The fraction of sp³-hybridized carbons (Fsp3) is 0.364. The lowest BCUT2D eigenvalue weighted by molar-refractivity contribution is -0.136. The summed E-state index contributed by atoms with van der Waals surface area (Å²) in [5, 5.41) is 0. The predicted molar refractivity (Wildman–Crippen MR) is 59.8 cm³/mol. The van der Waals surface area contributed by atoms with Gasteiger partial charge in [-0.2, -0.15) is 8.78 Å².